The fourth-order valence-corrected chi connectivity index (χ4v) is 2.81. The highest BCUT2D eigenvalue weighted by Gasteiger charge is 2.38. The second kappa shape index (κ2) is 5.45. The van der Waals surface area contributed by atoms with Gasteiger partial charge < -0.3 is 5.32 Å². The first-order valence-corrected chi connectivity index (χ1v) is 7.04. The first-order valence-electron chi connectivity index (χ1n) is 7.04. The van der Waals surface area contributed by atoms with Crippen molar-refractivity contribution in [2.45, 2.75) is 24.7 Å². The average molecular weight is 266 g/mol. The lowest BCUT2D eigenvalue weighted by Crippen LogP contribution is -2.45. The molecule has 3 heteroatoms. The van der Waals surface area contributed by atoms with E-state index in [-0.39, 0.29) is 11.3 Å². The largest absolute Gasteiger partial charge is 0.351 e. The van der Waals surface area contributed by atoms with Gasteiger partial charge in [-0.25, -0.2) is 0 Å². The minimum Gasteiger partial charge on any atom is -0.351 e. The molecule has 1 aromatic carbocycles. The lowest BCUT2D eigenvalue weighted by Gasteiger charge is -2.42. The number of nitrogens with zero attached hydrogens (tertiary/aromatic N) is 1. The second-order valence-corrected chi connectivity index (χ2v) is 5.42. The van der Waals surface area contributed by atoms with E-state index in [0.717, 1.165) is 12.8 Å². The maximum atomic E-state index is 12.1. The Morgan fingerprint density at radius 2 is 1.95 bits per heavy atom. The number of amides is 1. The summed E-state index contributed by atoms with van der Waals surface area (Å²) in [5.74, 6) is -0.0414. The maximum Gasteiger partial charge on any atom is 0.252 e. The minimum atomic E-state index is -0.0414. The number of aromatic nitrogens is 1. The Kier molecular flexibility index (Phi) is 3.50. The van der Waals surface area contributed by atoms with E-state index in [1.807, 2.05) is 6.07 Å². The van der Waals surface area contributed by atoms with E-state index in [4.69, 9.17) is 0 Å². The highest BCUT2D eigenvalue weighted by Crippen LogP contribution is 2.43. The molecule has 1 heterocycles. The molecule has 1 aromatic heterocycles. The third-order valence-electron chi connectivity index (χ3n) is 4.21. The van der Waals surface area contributed by atoms with Crippen LogP contribution in [-0.2, 0) is 5.41 Å². The fourth-order valence-electron chi connectivity index (χ4n) is 2.81. The highest BCUT2D eigenvalue weighted by atomic mass is 16.1. The van der Waals surface area contributed by atoms with Gasteiger partial charge >= 0.3 is 0 Å². The number of carbonyl (C=O) groups excluding carboxylic acids is 1. The molecule has 1 fully saturated rings. The van der Waals surface area contributed by atoms with Crippen molar-refractivity contribution in [2.24, 2.45) is 0 Å². The Bertz CT molecular complexity index is 576. The van der Waals surface area contributed by atoms with Crippen molar-refractivity contribution < 1.29 is 4.79 Å². The number of hydrogen-bond acceptors (Lipinski definition) is 2. The Hall–Kier alpha value is -2.16. The number of hydrogen-bond donors (Lipinski definition) is 1. The van der Waals surface area contributed by atoms with Crippen molar-refractivity contribution in [3.63, 3.8) is 0 Å². The summed E-state index contributed by atoms with van der Waals surface area (Å²) in [7, 11) is 0. The second-order valence-electron chi connectivity index (χ2n) is 5.42. The molecule has 3 rings (SSSR count). The van der Waals surface area contributed by atoms with Crippen LogP contribution in [0.15, 0.2) is 54.9 Å². The van der Waals surface area contributed by atoms with E-state index in [0.29, 0.717) is 12.1 Å². The zero-order valence-corrected chi connectivity index (χ0v) is 11.4. The monoisotopic (exact) mass is 266 g/mol. The summed E-state index contributed by atoms with van der Waals surface area (Å²) in [4.78, 5) is 16.1. The average Bonchev–Trinajstić information content (AvgIpc) is 2.48. The number of nitrogens with one attached hydrogen (secondary N) is 1. The van der Waals surface area contributed by atoms with Crippen molar-refractivity contribution in [3.05, 3.63) is 66.0 Å². The Labute approximate surface area is 119 Å². The van der Waals surface area contributed by atoms with Crippen molar-refractivity contribution in [1.82, 2.24) is 10.3 Å². The molecule has 0 radical (unpaired) electrons. The van der Waals surface area contributed by atoms with Gasteiger partial charge in [-0.1, -0.05) is 36.8 Å². The number of rotatable bonds is 4. The van der Waals surface area contributed by atoms with Crippen LogP contribution < -0.4 is 5.32 Å². The molecule has 0 bridgehead atoms. The molecule has 0 aliphatic heterocycles. The number of pyridine rings is 1. The Morgan fingerprint density at radius 1 is 1.15 bits per heavy atom. The predicted octanol–water partition coefficient (Wildman–Crippen LogP) is 2.93. The van der Waals surface area contributed by atoms with Crippen LogP contribution in [0.5, 0.6) is 0 Å². The van der Waals surface area contributed by atoms with Gasteiger partial charge in [-0.2, -0.15) is 0 Å². The molecule has 0 spiro atoms. The van der Waals surface area contributed by atoms with Gasteiger partial charge in [-0.15, -0.1) is 0 Å². The van der Waals surface area contributed by atoms with Crippen LogP contribution in [0.4, 0.5) is 0 Å². The molecular formula is C17H18N2O. The lowest BCUT2D eigenvalue weighted by atomic mass is 9.64. The zero-order valence-electron chi connectivity index (χ0n) is 11.4. The first kappa shape index (κ1) is 12.9. The number of benzene rings is 1. The summed E-state index contributed by atoms with van der Waals surface area (Å²) < 4.78 is 0. The SMILES string of the molecule is O=C(NCC1(c2ccccc2)CCC1)c1cccnc1. The van der Waals surface area contributed by atoms with E-state index in [2.05, 4.69) is 34.6 Å². The molecule has 1 N–H and O–H groups in total. The minimum absolute atomic E-state index is 0.0414. The van der Waals surface area contributed by atoms with Crippen LogP contribution in [-0.4, -0.2) is 17.4 Å². The third kappa shape index (κ3) is 2.44. The summed E-state index contributed by atoms with van der Waals surface area (Å²) in [6.45, 7) is 0.699. The first-order chi connectivity index (χ1) is 9.80. The van der Waals surface area contributed by atoms with Gasteiger partial charge in [0.1, 0.15) is 0 Å². The Balaban J connectivity index is 1.69. The zero-order chi connectivity index (χ0) is 13.8. The molecule has 102 valence electrons. The molecule has 2 aromatic rings. The van der Waals surface area contributed by atoms with Crippen molar-refractivity contribution in [1.29, 1.82) is 0 Å². The van der Waals surface area contributed by atoms with E-state index in [9.17, 15) is 4.79 Å². The topological polar surface area (TPSA) is 42.0 Å². The van der Waals surface area contributed by atoms with E-state index < -0.39 is 0 Å². The quantitative estimate of drug-likeness (QED) is 0.924. The smallest absolute Gasteiger partial charge is 0.252 e. The summed E-state index contributed by atoms with van der Waals surface area (Å²) in [5, 5.41) is 3.06. The maximum absolute atomic E-state index is 12.1. The van der Waals surface area contributed by atoms with Crippen LogP contribution in [0, 0.1) is 0 Å². The Morgan fingerprint density at radius 3 is 2.55 bits per heavy atom. The van der Waals surface area contributed by atoms with E-state index in [1.165, 1.54) is 12.0 Å². The molecule has 3 nitrogen and oxygen atoms in total. The van der Waals surface area contributed by atoms with Gasteiger partial charge in [0.05, 0.1) is 5.56 Å². The normalized spacial score (nSPS) is 16.2. The third-order valence-corrected chi connectivity index (χ3v) is 4.21. The molecule has 0 atom stereocenters. The van der Waals surface area contributed by atoms with Crippen LogP contribution in [0.3, 0.4) is 0 Å². The van der Waals surface area contributed by atoms with Crippen molar-refractivity contribution in [3.8, 4) is 0 Å². The summed E-state index contributed by atoms with van der Waals surface area (Å²) >= 11 is 0. The molecule has 1 saturated carbocycles. The lowest BCUT2D eigenvalue weighted by molar-refractivity contribution is 0.0927. The molecule has 20 heavy (non-hydrogen) atoms. The van der Waals surface area contributed by atoms with Gasteiger partial charge in [0, 0.05) is 24.4 Å². The summed E-state index contributed by atoms with van der Waals surface area (Å²) in [5.41, 5.74) is 2.08. The standard InChI is InChI=1S/C17H18N2O/c20-16(14-6-4-11-18-12-14)19-13-17(9-5-10-17)15-7-2-1-3-8-15/h1-4,6-8,11-12H,5,9-10,13H2,(H,19,20). The molecule has 1 aliphatic carbocycles. The van der Waals surface area contributed by atoms with Crippen molar-refractivity contribution in [2.75, 3.05) is 6.54 Å². The highest BCUT2D eigenvalue weighted by molar-refractivity contribution is 5.93. The van der Waals surface area contributed by atoms with Gasteiger partial charge in [-0.05, 0) is 30.5 Å². The van der Waals surface area contributed by atoms with Crippen LogP contribution in [0.2, 0.25) is 0 Å². The van der Waals surface area contributed by atoms with Gasteiger partial charge in [0.2, 0.25) is 0 Å². The summed E-state index contributed by atoms with van der Waals surface area (Å²) in [6, 6.07) is 14.1. The van der Waals surface area contributed by atoms with Gasteiger partial charge in [-0.3, -0.25) is 9.78 Å². The summed E-state index contributed by atoms with van der Waals surface area (Å²) in [6.07, 6.45) is 6.80. The van der Waals surface area contributed by atoms with Gasteiger partial charge in [0.25, 0.3) is 5.91 Å². The fraction of sp³-hybridized carbons (Fsp3) is 0.294. The number of carbonyl (C=O) groups is 1. The van der Waals surface area contributed by atoms with Crippen LogP contribution >= 0.6 is 0 Å². The molecule has 0 saturated heterocycles. The molecule has 1 amide bonds. The van der Waals surface area contributed by atoms with Crippen LogP contribution in [0.25, 0.3) is 0 Å². The molecule has 0 unspecified atom stereocenters. The van der Waals surface area contributed by atoms with E-state index in [1.54, 1.807) is 24.5 Å². The van der Waals surface area contributed by atoms with Crippen molar-refractivity contribution >= 4 is 5.91 Å². The van der Waals surface area contributed by atoms with Gasteiger partial charge in [0.15, 0.2) is 0 Å². The molecular weight excluding hydrogens is 248 g/mol. The van der Waals surface area contributed by atoms with E-state index >= 15 is 0 Å². The predicted molar refractivity (Wildman–Crippen MR) is 78.5 cm³/mol. The van der Waals surface area contributed by atoms with Crippen LogP contribution in [0.1, 0.15) is 35.2 Å². The molecule has 1 aliphatic rings.